The number of aromatic nitrogens is 2. The highest BCUT2D eigenvalue weighted by atomic mass is 35.5. The van der Waals surface area contributed by atoms with Crippen LogP contribution in [0.15, 0.2) is 53.3 Å². The number of piperidine rings is 1. The molecular weight excluding hydrogens is 421 g/mol. The van der Waals surface area contributed by atoms with Crippen molar-refractivity contribution in [2.24, 2.45) is 0 Å². The van der Waals surface area contributed by atoms with Gasteiger partial charge in [-0.25, -0.2) is 4.68 Å². The van der Waals surface area contributed by atoms with Crippen LogP contribution in [0.3, 0.4) is 0 Å². The smallest absolute Gasteiger partial charge is 0.274 e. The molecule has 3 aromatic rings. The molecule has 5 rings (SSSR count). The predicted octanol–water partition coefficient (Wildman–Crippen LogP) is -0.799. The van der Waals surface area contributed by atoms with Crippen molar-refractivity contribution in [3.63, 3.8) is 0 Å². The molecule has 3 N–H and O–H groups in total. The molecule has 7 heteroatoms. The summed E-state index contributed by atoms with van der Waals surface area (Å²) in [5.41, 5.74) is 2.18. The van der Waals surface area contributed by atoms with E-state index in [0.717, 1.165) is 39.9 Å². The van der Waals surface area contributed by atoms with Gasteiger partial charge in [-0.2, -0.15) is 5.10 Å². The molecule has 0 aliphatic carbocycles. The Balaban J connectivity index is 0.00000128. The summed E-state index contributed by atoms with van der Waals surface area (Å²) in [5.74, 6) is 0. The number of quaternary nitrogens is 1. The van der Waals surface area contributed by atoms with Crippen molar-refractivity contribution in [1.29, 1.82) is 0 Å². The van der Waals surface area contributed by atoms with Gasteiger partial charge in [0, 0.05) is 42.5 Å². The van der Waals surface area contributed by atoms with Gasteiger partial charge in [0.2, 0.25) is 0 Å². The van der Waals surface area contributed by atoms with Gasteiger partial charge in [0.15, 0.2) is 0 Å². The minimum absolute atomic E-state index is 0. The van der Waals surface area contributed by atoms with E-state index in [1.165, 1.54) is 12.8 Å². The lowest BCUT2D eigenvalue weighted by atomic mass is 9.97. The summed E-state index contributed by atoms with van der Waals surface area (Å²) in [6, 6.07) is 17.3. The van der Waals surface area contributed by atoms with Gasteiger partial charge >= 0.3 is 0 Å². The van der Waals surface area contributed by atoms with Crippen molar-refractivity contribution in [3.8, 4) is 0 Å². The molecule has 0 saturated carbocycles. The Bertz CT molecular complexity index is 1070. The molecule has 3 heterocycles. The molecular formula is C23H27Cl2N3O2. The largest absolute Gasteiger partial charge is 1.00 e. The number of nitrogens with zero attached hydrogens (tertiary/aromatic N) is 2. The van der Waals surface area contributed by atoms with Crippen LogP contribution in [-0.4, -0.2) is 34.4 Å². The predicted molar refractivity (Wildman–Crippen MR) is 116 cm³/mol. The van der Waals surface area contributed by atoms with Crippen molar-refractivity contribution in [2.75, 3.05) is 7.05 Å². The quantitative estimate of drug-likeness (QED) is 0.570. The molecule has 2 unspecified atom stereocenters. The Hall–Kier alpha value is -1.92. The van der Waals surface area contributed by atoms with Gasteiger partial charge in [0.25, 0.3) is 5.56 Å². The normalized spacial score (nSPS) is 24.9. The summed E-state index contributed by atoms with van der Waals surface area (Å²) in [6.45, 7) is 0. The Morgan fingerprint density at radius 1 is 1.03 bits per heavy atom. The van der Waals surface area contributed by atoms with Gasteiger partial charge in [0.1, 0.15) is 0 Å². The third-order valence-electron chi connectivity index (χ3n) is 6.80. The SMILES string of the molecule is C[NH+]1C2CCC1CC(n1nc(Cc3ccc(Cl)cc3)c3ccccc3c1=O)C2.O.[Cl-]. The van der Waals surface area contributed by atoms with Gasteiger partial charge in [-0.15, -0.1) is 0 Å². The molecule has 160 valence electrons. The van der Waals surface area contributed by atoms with Gasteiger partial charge in [-0.3, -0.25) is 4.79 Å². The maximum Gasteiger partial charge on any atom is 0.274 e. The number of hydrogen-bond acceptors (Lipinski definition) is 2. The Kier molecular flexibility index (Phi) is 6.88. The first-order valence-corrected chi connectivity index (χ1v) is 10.6. The molecule has 2 aromatic carbocycles. The first kappa shape index (κ1) is 22.8. The van der Waals surface area contributed by atoms with Crippen LogP contribution in [0, 0.1) is 0 Å². The first-order chi connectivity index (χ1) is 13.6. The molecule has 2 saturated heterocycles. The molecule has 30 heavy (non-hydrogen) atoms. The lowest BCUT2D eigenvalue weighted by molar-refractivity contribution is -0.923. The van der Waals surface area contributed by atoms with Crippen molar-refractivity contribution in [2.45, 2.75) is 50.2 Å². The van der Waals surface area contributed by atoms with Crippen LogP contribution in [0.4, 0.5) is 0 Å². The molecule has 2 bridgehead atoms. The zero-order valence-corrected chi connectivity index (χ0v) is 18.5. The lowest BCUT2D eigenvalue weighted by Gasteiger charge is -2.34. The summed E-state index contributed by atoms with van der Waals surface area (Å²) in [4.78, 5) is 14.9. The Morgan fingerprint density at radius 2 is 1.63 bits per heavy atom. The third-order valence-corrected chi connectivity index (χ3v) is 7.05. The van der Waals surface area contributed by atoms with E-state index in [1.54, 1.807) is 4.90 Å². The summed E-state index contributed by atoms with van der Waals surface area (Å²) >= 11 is 6.04. The standard InChI is InChI=1S/C23H24ClN3O.ClH.H2O/c1-26-17-10-11-18(26)14-19(13-17)27-23(28)21-5-3-2-4-20(21)22(25-27)12-15-6-8-16(24)9-7-15;;/h2-9,17-19H,10-14H2,1H3;1H;1H2. The second kappa shape index (κ2) is 9.06. The second-order valence-corrected chi connectivity index (χ2v) is 8.82. The minimum atomic E-state index is 0. The molecule has 0 amide bonds. The molecule has 0 radical (unpaired) electrons. The van der Waals surface area contributed by atoms with Crippen LogP contribution < -0.4 is 22.9 Å². The molecule has 2 aliphatic rings. The van der Waals surface area contributed by atoms with E-state index in [0.29, 0.717) is 18.5 Å². The maximum atomic E-state index is 13.3. The topological polar surface area (TPSA) is 70.8 Å². The fraction of sp³-hybridized carbons (Fsp3) is 0.391. The highest BCUT2D eigenvalue weighted by Gasteiger charge is 2.43. The number of rotatable bonds is 3. The van der Waals surface area contributed by atoms with E-state index in [4.69, 9.17) is 16.7 Å². The number of benzene rings is 2. The van der Waals surface area contributed by atoms with E-state index in [9.17, 15) is 4.79 Å². The van der Waals surface area contributed by atoms with Crippen LogP contribution in [0.2, 0.25) is 5.02 Å². The average molecular weight is 448 g/mol. The van der Waals surface area contributed by atoms with Gasteiger partial charge in [0.05, 0.1) is 36.3 Å². The molecule has 1 aromatic heterocycles. The third kappa shape index (κ3) is 4.00. The van der Waals surface area contributed by atoms with E-state index in [1.807, 2.05) is 53.2 Å². The second-order valence-electron chi connectivity index (χ2n) is 8.39. The van der Waals surface area contributed by atoms with Gasteiger partial charge in [-0.1, -0.05) is 41.9 Å². The van der Waals surface area contributed by atoms with Crippen LogP contribution in [-0.2, 0) is 6.42 Å². The van der Waals surface area contributed by atoms with Gasteiger partial charge in [-0.05, 0) is 23.8 Å². The fourth-order valence-corrected chi connectivity index (χ4v) is 5.32. The molecule has 0 spiro atoms. The van der Waals surface area contributed by atoms with E-state index >= 15 is 0 Å². The van der Waals surface area contributed by atoms with Crippen LogP contribution in [0.5, 0.6) is 0 Å². The summed E-state index contributed by atoms with van der Waals surface area (Å²) in [6.07, 6.45) is 5.34. The van der Waals surface area contributed by atoms with Gasteiger partial charge < -0.3 is 22.8 Å². The highest BCUT2D eigenvalue weighted by Crippen LogP contribution is 2.30. The highest BCUT2D eigenvalue weighted by molar-refractivity contribution is 6.30. The lowest BCUT2D eigenvalue weighted by Crippen LogP contribution is -3.15. The van der Waals surface area contributed by atoms with Crippen LogP contribution in [0.25, 0.3) is 10.8 Å². The van der Waals surface area contributed by atoms with E-state index < -0.39 is 0 Å². The van der Waals surface area contributed by atoms with Crippen molar-refractivity contribution in [1.82, 2.24) is 9.78 Å². The zero-order valence-electron chi connectivity index (χ0n) is 16.9. The Morgan fingerprint density at radius 3 is 2.27 bits per heavy atom. The monoisotopic (exact) mass is 447 g/mol. The number of fused-ring (bicyclic) bond motifs is 3. The maximum absolute atomic E-state index is 13.3. The summed E-state index contributed by atoms with van der Waals surface area (Å²) in [5, 5.41) is 7.39. The van der Waals surface area contributed by atoms with Crippen molar-refractivity contribution < 1.29 is 22.8 Å². The number of nitrogens with one attached hydrogen (secondary N) is 1. The zero-order chi connectivity index (χ0) is 19.3. The van der Waals surface area contributed by atoms with Crippen molar-refractivity contribution in [3.05, 3.63) is 75.2 Å². The van der Waals surface area contributed by atoms with Crippen molar-refractivity contribution >= 4 is 22.4 Å². The Labute approximate surface area is 187 Å². The average Bonchev–Trinajstić information content (AvgIpc) is 2.92. The van der Waals surface area contributed by atoms with E-state index in [-0.39, 0.29) is 29.5 Å². The number of hydrogen-bond donors (Lipinski definition) is 1. The van der Waals surface area contributed by atoms with Crippen LogP contribution >= 0.6 is 11.6 Å². The minimum Gasteiger partial charge on any atom is -1.00 e. The van der Waals surface area contributed by atoms with Crippen LogP contribution in [0.1, 0.15) is 43.0 Å². The fourth-order valence-electron chi connectivity index (χ4n) is 5.20. The number of halogens is 2. The first-order valence-electron chi connectivity index (χ1n) is 10.2. The molecule has 2 fully saturated rings. The summed E-state index contributed by atoms with van der Waals surface area (Å²) in [7, 11) is 2.31. The summed E-state index contributed by atoms with van der Waals surface area (Å²) < 4.78 is 1.81. The molecule has 5 nitrogen and oxygen atoms in total. The molecule has 2 aliphatic heterocycles. The van der Waals surface area contributed by atoms with E-state index in [2.05, 4.69) is 7.05 Å². The molecule has 2 atom stereocenters.